The molecule has 0 aliphatic heterocycles. The van der Waals surface area contributed by atoms with Gasteiger partial charge < -0.3 is 10.3 Å². The van der Waals surface area contributed by atoms with Gasteiger partial charge in [-0.05, 0) is 6.07 Å². The Bertz CT molecular complexity index is 592. The Morgan fingerprint density at radius 1 is 1.44 bits per heavy atom. The van der Waals surface area contributed by atoms with Gasteiger partial charge in [-0.3, -0.25) is 10.1 Å². The summed E-state index contributed by atoms with van der Waals surface area (Å²) in [4.78, 5) is 14.4. The summed E-state index contributed by atoms with van der Waals surface area (Å²) >= 11 is 0. The Kier molecular flexibility index (Phi) is 2.97. The standard InChI is InChI=1S/C11H12N4O3/c1-6(2)10-13-11(18-14-10)8-5-7(15(16)17)3-4-9(8)12/h3-6H,12H2,1-2H3. The van der Waals surface area contributed by atoms with Crippen LogP contribution in [0.15, 0.2) is 22.7 Å². The first-order valence-electron chi connectivity index (χ1n) is 5.37. The fourth-order valence-electron chi connectivity index (χ4n) is 1.42. The van der Waals surface area contributed by atoms with Crippen molar-refractivity contribution in [3.8, 4) is 11.5 Å². The van der Waals surface area contributed by atoms with Crippen LogP contribution in [0.1, 0.15) is 25.6 Å². The Morgan fingerprint density at radius 2 is 2.17 bits per heavy atom. The number of non-ortho nitro benzene ring substituents is 1. The van der Waals surface area contributed by atoms with Gasteiger partial charge in [0.1, 0.15) is 0 Å². The molecule has 1 heterocycles. The number of rotatable bonds is 3. The van der Waals surface area contributed by atoms with Crippen LogP contribution in [-0.2, 0) is 0 Å². The zero-order valence-electron chi connectivity index (χ0n) is 9.95. The first-order chi connectivity index (χ1) is 8.49. The summed E-state index contributed by atoms with van der Waals surface area (Å²) in [5.74, 6) is 0.846. The van der Waals surface area contributed by atoms with Gasteiger partial charge in [0.05, 0.1) is 10.5 Å². The lowest BCUT2D eigenvalue weighted by Crippen LogP contribution is -1.94. The van der Waals surface area contributed by atoms with E-state index in [1.54, 1.807) is 0 Å². The van der Waals surface area contributed by atoms with Crippen molar-refractivity contribution in [3.63, 3.8) is 0 Å². The van der Waals surface area contributed by atoms with E-state index in [1.165, 1.54) is 18.2 Å². The van der Waals surface area contributed by atoms with Crippen LogP contribution in [0.2, 0.25) is 0 Å². The molecule has 0 atom stereocenters. The van der Waals surface area contributed by atoms with Crippen molar-refractivity contribution in [2.45, 2.75) is 19.8 Å². The quantitative estimate of drug-likeness (QED) is 0.507. The number of nitrogens with two attached hydrogens (primary N) is 1. The molecule has 2 N–H and O–H groups in total. The van der Waals surface area contributed by atoms with Gasteiger partial charge in [0.2, 0.25) is 0 Å². The van der Waals surface area contributed by atoms with Crippen LogP contribution in [0.4, 0.5) is 11.4 Å². The molecule has 0 bridgehead atoms. The fraction of sp³-hybridized carbons (Fsp3) is 0.273. The van der Waals surface area contributed by atoms with Gasteiger partial charge in [-0.2, -0.15) is 4.98 Å². The molecule has 7 nitrogen and oxygen atoms in total. The summed E-state index contributed by atoms with van der Waals surface area (Å²) in [6.45, 7) is 3.84. The predicted octanol–water partition coefficient (Wildman–Crippen LogP) is 2.35. The molecular weight excluding hydrogens is 236 g/mol. The third kappa shape index (κ3) is 2.15. The smallest absolute Gasteiger partial charge is 0.270 e. The van der Waals surface area contributed by atoms with Gasteiger partial charge in [0.25, 0.3) is 11.6 Å². The van der Waals surface area contributed by atoms with E-state index in [0.717, 1.165) is 0 Å². The Hall–Kier alpha value is -2.44. The fourth-order valence-corrected chi connectivity index (χ4v) is 1.42. The lowest BCUT2D eigenvalue weighted by molar-refractivity contribution is -0.384. The Morgan fingerprint density at radius 3 is 2.72 bits per heavy atom. The van der Waals surface area contributed by atoms with E-state index in [9.17, 15) is 10.1 Å². The molecule has 1 aromatic carbocycles. The highest BCUT2D eigenvalue weighted by Crippen LogP contribution is 2.29. The van der Waals surface area contributed by atoms with E-state index >= 15 is 0 Å². The number of benzene rings is 1. The molecule has 7 heteroatoms. The van der Waals surface area contributed by atoms with Gasteiger partial charge in [-0.25, -0.2) is 0 Å². The van der Waals surface area contributed by atoms with E-state index in [1.807, 2.05) is 13.8 Å². The molecular formula is C11H12N4O3. The molecule has 0 radical (unpaired) electrons. The molecule has 1 aromatic heterocycles. The van der Waals surface area contributed by atoms with Gasteiger partial charge >= 0.3 is 0 Å². The molecule has 0 saturated heterocycles. The number of hydrogen-bond donors (Lipinski definition) is 1. The maximum Gasteiger partial charge on any atom is 0.270 e. The largest absolute Gasteiger partial charge is 0.398 e. The van der Waals surface area contributed by atoms with Crippen molar-refractivity contribution in [3.05, 3.63) is 34.1 Å². The molecule has 2 rings (SSSR count). The first kappa shape index (κ1) is 12.0. The van der Waals surface area contributed by atoms with Gasteiger partial charge in [-0.15, -0.1) is 0 Å². The molecule has 2 aromatic rings. The summed E-state index contributed by atoms with van der Waals surface area (Å²) < 4.78 is 5.06. The summed E-state index contributed by atoms with van der Waals surface area (Å²) in [5.41, 5.74) is 6.43. The number of anilines is 1. The summed E-state index contributed by atoms with van der Waals surface area (Å²) in [7, 11) is 0. The number of nitro benzene ring substituents is 1. The van der Waals surface area contributed by atoms with Crippen LogP contribution in [0.25, 0.3) is 11.5 Å². The molecule has 94 valence electrons. The van der Waals surface area contributed by atoms with E-state index in [4.69, 9.17) is 10.3 Å². The van der Waals surface area contributed by atoms with Crippen LogP contribution < -0.4 is 5.73 Å². The number of nitrogen functional groups attached to an aromatic ring is 1. The number of nitro groups is 1. The lowest BCUT2D eigenvalue weighted by Gasteiger charge is -2.00. The molecule has 0 aliphatic carbocycles. The minimum atomic E-state index is -0.497. The van der Waals surface area contributed by atoms with E-state index < -0.39 is 4.92 Å². The average molecular weight is 248 g/mol. The second kappa shape index (κ2) is 4.44. The molecule has 18 heavy (non-hydrogen) atoms. The topological polar surface area (TPSA) is 108 Å². The maximum absolute atomic E-state index is 10.7. The molecule has 0 saturated carbocycles. The number of aromatic nitrogens is 2. The van der Waals surface area contributed by atoms with Crippen LogP contribution in [0.3, 0.4) is 0 Å². The second-order valence-electron chi connectivity index (χ2n) is 4.14. The Balaban J connectivity index is 2.48. The van der Waals surface area contributed by atoms with Crippen molar-refractivity contribution >= 4 is 11.4 Å². The lowest BCUT2D eigenvalue weighted by atomic mass is 10.1. The molecule has 0 aliphatic rings. The van der Waals surface area contributed by atoms with Gasteiger partial charge in [-0.1, -0.05) is 19.0 Å². The monoisotopic (exact) mass is 248 g/mol. The third-order valence-corrected chi connectivity index (χ3v) is 2.44. The predicted molar refractivity (Wildman–Crippen MR) is 64.9 cm³/mol. The van der Waals surface area contributed by atoms with Gasteiger partial charge in [0, 0.05) is 23.7 Å². The molecule has 0 spiro atoms. The highest BCUT2D eigenvalue weighted by atomic mass is 16.6. The minimum Gasteiger partial charge on any atom is -0.398 e. The highest BCUT2D eigenvalue weighted by Gasteiger charge is 2.17. The van der Waals surface area contributed by atoms with Crippen LogP contribution in [0.5, 0.6) is 0 Å². The number of hydrogen-bond acceptors (Lipinski definition) is 6. The minimum absolute atomic E-state index is 0.0662. The van der Waals surface area contributed by atoms with Crippen LogP contribution in [0, 0.1) is 10.1 Å². The van der Waals surface area contributed by atoms with Crippen molar-refractivity contribution < 1.29 is 9.45 Å². The normalized spacial score (nSPS) is 10.8. The summed E-state index contributed by atoms with van der Waals surface area (Å²) in [5, 5.41) is 14.5. The molecule has 0 unspecified atom stereocenters. The summed E-state index contributed by atoms with van der Waals surface area (Å²) in [6.07, 6.45) is 0. The second-order valence-corrected chi connectivity index (χ2v) is 4.14. The van der Waals surface area contributed by atoms with Crippen molar-refractivity contribution in [2.24, 2.45) is 0 Å². The van der Waals surface area contributed by atoms with Gasteiger partial charge in [0.15, 0.2) is 5.82 Å². The highest BCUT2D eigenvalue weighted by molar-refractivity contribution is 5.73. The SMILES string of the molecule is CC(C)c1noc(-c2cc([N+](=O)[O-])ccc2N)n1. The van der Waals surface area contributed by atoms with E-state index in [2.05, 4.69) is 10.1 Å². The van der Waals surface area contributed by atoms with Crippen molar-refractivity contribution in [1.29, 1.82) is 0 Å². The number of nitrogens with zero attached hydrogens (tertiary/aromatic N) is 3. The zero-order chi connectivity index (χ0) is 13.3. The average Bonchev–Trinajstić information content (AvgIpc) is 2.78. The van der Waals surface area contributed by atoms with Crippen LogP contribution in [-0.4, -0.2) is 15.1 Å². The first-order valence-corrected chi connectivity index (χ1v) is 5.37. The molecule has 0 amide bonds. The molecule has 0 fully saturated rings. The Labute approximate surface area is 103 Å². The van der Waals surface area contributed by atoms with E-state index in [-0.39, 0.29) is 17.5 Å². The van der Waals surface area contributed by atoms with Crippen LogP contribution >= 0.6 is 0 Å². The third-order valence-electron chi connectivity index (χ3n) is 2.44. The maximum atomic E-state index is 10.7. The van der Waals surface area contributed by atoms with E-state index in [0.29, 0.717) is 17.1 Å². The zero-order valence-corrected chi connectivity index (χ0v) is 9.95. The van der Waals surface area contributed by atoms with Crippen molar-refractivity contribution in [1.82, 2.24) is 10.1 Å². The van der Waals surface area contributed by atoms with Crippen molar-refractivity contribution in [2.75, 3.05) is 5.73 Å². The summed E-state index contributed by atoms with van der Waals surface area (Å²) in [6, 6.07) is 4.11.